The lowest BCUT2D eigenvalue weighted by Gasteiger charge is -2.24. The zero-order chi connectivity index (χ0) is 16.8. The molecule has 0 saturated carbocycles. The second-order valence-corrected chi connectivity index (χ2v) is 6.10. The summed E-state index contributed by atoms with van der Waals surface area (Å²) in [6.45, 7) is 0.584. The summed E-state index contributed by atoms with van der Waals surface area (Å²) in [5.74, 6) is -0.747. The van der Waals surface area contributed by atoms with Crippen molar-refractivity contribution in [2.24, 2.45) is 0 Å². The Bertz CT molecular complexity index is 791. The van der Waals surface area contributed by atoms with Crippen molar-refractivity contribution in [3.8, 4) is 11.1 Å². The summed E-state index contributed by atoms with van der Waals surface area (Å²) in [5.41, 5.74) is 4.81. The highest BCUT2D eigenvalue weighted by Gasteiger charge is 2.25. The Hall–Kier alpha value is -2.70. The minimum absolute atomic E-state index is 0.292. The first kappa shape index (κ1) is 14.9. The second kappa shape index (κ2) is 5.43. The molecule has 0 spiro atoms. The van der Waals surface area contributed by atoms with E-state index in [9.17, 15) is 20.0 Å². The van der Waals surface area contributed by atoms with Gasteiger partial charge in [0.25, 0.3) is 11.8 Å². The molecule has 2 aromatic carbocycles. The molecule has 2 aromatic rings. The van der Waals surface area contributed by atoms with Crippen molar-refractivity contribution < 1.29 is 20.0 Å². The summed E-state index contributed by atoms with van der Waals surface area (Å²) in [6.07, 6.45) is 1.21. The number of fused-ring (bicyclic) bond motifs is 2. The highest BCUT2D eigenvalue weighted by molar-refractivity contribution is 5.97. The van der Waals surface area contributed by atoms with Crippen molar-refractivity contribution in [1.29, 1.82) is 0 Å². The lowest BCUT2D eigenvalue weighted by atomic mass is 9.91. The Morgan fingerprint density at radius 2 is 1.12 bits per heavy atom. The van der Waals surface area contributed by atoms with Gasteiger partial charge in [0, 0.05) is 11.1 Å². The molecule has 0 unspecified atom stereocenters. The average molecular weight is 324 g/mol. The van der Waals surface area contributed by atoms with E-state index in [0.29, 0.717) is 37.1 Å². The Kier molecular flexibility index (Phi) is 3.37. The Labute approximate surface area is 138 Å². The molecule has 122 valence electrons. The summed E-state index contributed by atoms with van der Waals surface area (Å²) in [7, 11) is 0. The van der Waals surface area contributed by atoms with Crippen LogP contribution in [0.1, 0.15) is 31.8 Å². The molecule has 0 bridgehead atoms. The highest BCUT2D eigenvalue weighted by Crippen LogP contribution is 2.29. The molecule has 6 heteroatoms. The molecule has 2 N–H and O–H groups in total. The summed E-state index contributed by atoms with van der Waals surface area (Å²) < 4.78 is 0. The third kappa shape index (κ3) is 2.28. The number of carbonyl (C=O) groups is 2. The maximum Gasteiger partial charge on any atom is 0.277 e. The molecule has 0 aromatic heterocycles. The van der Waals surface area contributed by atoms with Gasteiger partial charge in [-0.1, -0.05) is 24.3 Å². The van der Waals surface area contributed by atoms with Crippen LogP contribution < -0.4 is 0 Å². The molecule has 0 saturated heterocycles. The van der Waals surface area contributed by atoms with E-state index in [4.69, 9.17) is 0 Å². The van der Waals surface area contributed by atoms with Crippen LogP contribution in [0.25, 0.3) is 11.1 Å². The van der Waals surface area contributed by atoms with E-state index in [0.717, 1.165) is 32.4 Å². The zero-order valence-corrected chi connectivity index (χ0v) is 12.9. The number of carbonyl (C=O) groups excluding carboxylic acids is 2. The predicted octanol–water partition coefficient (Wildman–Crippen LogP) is 2.13. The zero-order valence-electron chi connectivity index (χ0n) is 12.9. The van der Waals surface area contributed by atoms with E-state index in [-0.39, 0.29) is 11.8 Å². The number of benzene rings is 2. The first-order valence-electron chi connectivity index (χ1n) is 7.82. The highest BCUT2D eigenvalue weighted by atomic mass is 16.5. The van der Waals surface area contributed by atoms with Crippen molar-refractivity contribution in [3.63, 3.8) is 0 Å². The second-order valence-electron chi connectivity index (χ2n) is 6.10. The maximum atomic E-state index is 11.9. The topological polar surface area (TPSA) is 81.1 Å². The van der Waals surface area contributed by atoms with Crippen LogP contribution in [0.15, 0.2) is 36.4 Å². The molecule has 0 fully saturated rings. The van der Waals surface area contributed by atoms with Crippen molar-refractivity contribution in [3.05, 3.63) is 58.7 Å². The van der Waals surface area contributed by atoms with Gasteiger partial charge in [-0.2, -0.15) is 0 Å². The molecule has 4 rings (SSSR count). The normalized spacial score (nSPS) is 16.9. The fraction of sp³-hybridized carbons (Fsp3) is 0.222. The first-order chi connectivity index (χ1) is 11.5. The number of nitrogens with zero attached hydrogens (tertiary/aromatic N) is 2. The molecule has 2 aliphatic heterocycles. The van der Waals surface area contributed by atoms with Crippen molar-refractivity contribution in [2.75, 3.05) is 13.1 Å². The lowest BCUT2D eigenvalue weighted by Crippen LogP contribution is -2.34. The monoisotopic (exact) mass is 324 g/mol. The molecule has 6 nitrogen and oxygen atoms in total. The summed E-state index contributed by atoms with van der Waals surface area (Å²) in [4.78, 5) is 23.9. The van der Waals surface area contributed by atoms with Crippen LogP contribution in [0, 0.1) is 0 Å². The minimum atomic E-state index is -0.373. The summed E-state index contributed by atoms with van der Waals surface area (Å²) >= 11 is 0. The summed E-state index contributed by atoms with van der Waals surface area (Å²) in [6, 6.07) is 11.1. The fourth-order valence-corrected chi connectivity index (χ4v) is 3.31. The molecular weight excluding hydrogens is 308 g/mol. The average Bonchev–Trinajstić information content (AvgIpc) is 2.61. The molecule has 24 heavy (non-hydrogen) atoms. The van der Waals surface area contributed by atoms with E-state index < -0.39 is 0 Å². The predicted molar refractivity (Wildman–Crippen MR) is 84.9 cm³/mol. The van der Waals surface area contributed by atoms with Gasteiger partial charge in [0.2, 0.25) is 0 Å². The van der Waals surface area contributed by atoms with Crippen molar-refractivity contribution in [1.82, 2.24) is 10.1 Å². The van der Waals surface area contributed by atoms with Gasteiger partial charge in [0.05, 0.1) is 13.1 Å². The molecule has 2 amide bonds. The van der Waals surface area contributed by atoms with E-state index in [1.54, 1.807) is 12.1 Å². The van der Waals surface area contributed by atoms with Gasteiger partial charge in [0.15, 0.2) is 0 Å². The van der Waals surface area contributed by atoms with Gasteiger partial charge in [-0.15, -0.1) is 0 Å². The largest absolute Gasteiger partial charge is 0.286 e. The lowest BCUT2D eigenvalue weighted by molar-refractivity contribution is -0.0601. The van der Waals surface area contributed by atoms with Crippen LogP contribution in [0.3, 0.4) is 0 Å². The maximum absolute atomic E-state index is 11.9. The van der Waals surface area contributed by atoms with Gasteiger partial charge in [-0.05, 0) is 47.2 Å². The van der Waals surface area contributed by atoms with E-state index in [1.165, 1.54) is 0 Å². The fourth-order valence-electron chi connectivity index (χ4n) is 3.31. The molecule has 0 aliphatic carbocycles. The SMILES string of the molecule is O=C1c2ccc(-c3ccc4c(c3)CCN(O)C4=O)cc2CCN1O. The van der Waals surface area contributed by atoms with Crippen molar-refractivity contribution >= 4 is 11.8 Å². The molecular formula is C18H16N2O4. The van der Waals surface area contributed by atoms with Gasteiger partial charge < -0.3 is 0 Å². The van der Waals surface area contributed by atoms with E-state index in [1.807, 2.05) is 24.3 Å². The number of hydroxylamine groups is 4. The third-order valence-corrected chi connectivity index (χ3v) is 4.66. The van der Waals surface area contributed by atoms with Crippen LogP contribution in [0.5, 0.6) is 0 Å². The number of hydrogen-bond acceptors (Lipinski definition) is 4. The van der Waals surface area contributed by atoms with Gasteiger partial charge in [-0.25, -0.2) is 10.1 Å². The quantitative estimate of drug-likeness (QED) is 0.788. The van der Waals surface area contributed by atoms with Gasteiger partial charge in [-0.3, -0.25) is 20.0 Å². The standard InChI is InChI=1S/C18H16N2O4/c21-17-15-3-1-11(9-13(15)5-7-19(17)23)12-2-4-16-14(10-12)6-8-20(24)18(16)22/h1-4,9-10,23-24H,5-8H2. The molecule has 0 atom stereocenters. The third-order valence-electron chi connectivity index (χ3n) is 4.66. The van der Waals surface area contributed by atoms with Crippen LogP contribution in [-0.4, -0.2) is 45.4 Å². The van der Waals surface area contributed by atoms with Gasteiger partial charge in [0.1, 0.15) is 0 Å². The van der Waals surface area contributed by atoms with Gasteiger partial charge >= 0.3 is 0 Å². The molecule has 2 aliphatic rings. The van der Waals surface area contributed by atoms with Crippen LogP contribution in [0.2, 0.25) is 0 Å². The summed E-state index contributed by atoms with van der Waals surface area (Å²) in [5, 5.41) is 20.5. The Balaban J connectivity index is 1.73. The first-order valence-corrected chi connectivity index (χ1v) is 7.82. The van der Waals surface area contributed by atoms with E-state index in [2.05, 4.69) is 0 Å². The van der Waals surface area contributed by atoms with Crippen LogP contribution >= 0.6 is 0 Å². The molecule has 0 radical (unpaired) electrons. The van der Waals surface area contributed by atoms with Crippen LogP contribution in [0.4, 0.5) is 0 Å². The molecule has 2 heterocycles. The number of amides is 2. The smallest absolute Gasteiger partial charge is 0.277 e. The van der Waals surface area contributed by atoms with Crippen molar-refractivity contribution in [2.45, 2.75) is 12.8 Å². The minimum Gasteiger partial charge on any atom is -0.286 e. The Morgan fingerprint density at radius 1 is 0.708 bits per heavy atom. The Morgan fingerprint density at radius 3 is 1.54 bits per heavy atom. The van der Waals surface area contributed by atoms with E-state index >= 15 is 0 Å². The van der Waals surface area contributed by atoms with Crippen LogP contribution in [-0.2, 0) is 12.8 Å². The number of hydrogen-bond donors (Lipinski definition) is 2. The number of rotatable bonds is 1.